The van der Waals surface area contributed by atoms with Gasteiger partial charge in [0.2, 0.25) is 0 Å². The number of nitrogens with one attached hydrogen (secondary N) is 2. The summed E-state index contributed by atoms with van der Waals surface area (Å²) in [5.41, 5.74) is 0.746. The summed E-state index contributed by atoms with van der Waals surface area (Å²) in [4.78, 5) is 2.08. The van der Waals surface area contributed by atoms with Crippen LogP contribution in [0.3, 0.4) is 0 Å². The number of rotatable bonds is 5. The Morgan fingerprint density at radius 2 is 1.93 bits per heavy atom. The molecule has 2 fully saturated rings. The second kappa shape index (κ2) is 8.64. The summed E-state index contributed by atoms with van der Waals surface area (Å²) >= 11 is 5.80. The smallest absolute Gasteiger partial charge is 0.169 e. The molecule has 0 saturated carbocycles. The zero-order valence-corrected chi connectivity index (χ0v) is 18.4. The Hall–Kier alpha value is -1.24. The predicted octanol–water partition coefficient (Wildman–Crippen LogP) is 3.99. The van der Waals surface area contributed by atoms with Crippen molar-refractivity contribution >= 4 is 17.3 Å². The number of piperidine rings is 1. The fraction of sp³-hybridized carbons (Fsp3) is 0.682. The van der Waals surface area contributed by atoms with Crippen LogP contribution < -0.4 is 10.6 Å². The van der Waals surface area contributed by atoms with Crippen molar-refractivity contribution < 1.29 is 9.13 Å². The lowest BCUT2D eigenvalue weighted by molar-refractivity contribution is 0.0884. The highest BCUT2D eigenvalue weighted by Gasteiger charge is 2.38. The first-order valence-corrected chi connectivity index (χ1v) is 10.7. The van der Waals surface area contributed by atoms with Gasteiger partial charge in [0.15, 0.2) is 5.11 Å². The van der Waals surface area contributed by atoms with Gasteiger partial charge in [0.1, 0.15) is 5.82 Å². The number of halogens is 1. The van der Waals surface area contributed by atoms with E-state index < -0.39 is 0 Å². The fourth-order valence-electron chi connectivity index (χ4n) is 4.78. The zero-order chi connectivity index (χ0) is 20.4. The Morgan fingerprint density at radius 1 is 1.25 bits per heavy atom. The van der Waals surface area contributed by atoms with Crippen LogP contribution in [-0.2, 0) is 11.3 Å². The molecule has 0 bridgehead atoms. The van der Waals surface area contributed by atoms with E-state index >= 15 is 0 Å². The van der Waals surface area contributed by atoms with E-state index in [1.54, 1.807) is 6.07 Å². The van der Waals surface area contributed by atoms with Crippen molar-refractivity contribution in [1.29, 1.82) is 0 Å². The number of hydrogen-bond acceptors (Lipinski definition) is 3. The number of ether oxygens (including phenoxy) is 1. The molecule has 2 aliphatic rings. The Labute approximate surface area is 174 Å². The molecule has 4 nitrogen and oxygen atoms in total. The molecular formula is C22H34FN3OS. The lowest BCUT2D eigenvalue weighted by Gasteiger charge is -2.47. The molecule has 1 aromatic carbocycles. The highest BCUT2D eigenvalue weighted by molar-refractivity contribution is 7.80. The van der Waals surface area contributed by atoms with Crippen molar-refractivity contribution in [2.24, 2.45) is 0 Å². The van der Waals surface area contributed by atoms with E-state index in [9.17, 15) is 4.39 Å². The molecule has 3 rings (SSSR count). The number of hydrogen-bond donors (Lipinski definition) is 2. The molecule has 2 N–H and O–H groups in total. The van der Waals surface area contributed by atoms with Crippen LogP contribution in [0.25, 0.3) is 0 Å². The maximum atomic E-state index is 14.3. The molecule has 0 aliphatic carbocycles. The lowest BCUT2D eigenvalue weighted by atomic mass is 9.80. The molecule has 2 aliphatic heterocycles. The minimum atomic E-state index is -0.188. The van der Waals surface area contributed by atoms with Crippen LogP contribution >= 0.6 is 12.2 Å². The van der Waals surface area contributed by atoms with Gasteiger partial charge >= 0.3 is 0 Å². The van der Waals surface area contributed by atoms with E-state index in [0.29, 0.717) is 23.8 Å². The van der Waals surface area contributed by atoms with Crippen molar-refractivity contribution in [3.8, 4) is 0 Å². The second-order valence-electron chi connectivity index (χ2n) is 9.55. The zero-order valence-electron chi connectivity index (χ0n) is 17.6. The van der Waals surface area contributed by atoms with E-state index in [-0.39, 0.29) is 29.0 Å². The van der Waals surface area contributed by atoms with Crippen molar-refractivity contribution in [1.82, 2.24) is 15.5 Å². The average Bonchev–Trinajstić information content (AvgIpc) is 3.06. The number of nitrogens with zero attached hydrogens (tertiary/aromatic N) is 1. The summed E-state index contributed by atoms with van der Waals surface area (Å²) in [6.07, 6.45) is 4.25. The largest absolute Gasteiger partial charge is 0.376 e. The SMILES string of the molecule is CC1(C)CC(NC(=S)N(Cc2ccccc2F)CC2CCCO2)CC(C)(C)N1. The maximum Gasteiger partial charge on any atom is 0.169 e. The number of benzene rings is 1. The van der Waals surface area contributed by atoms with Crippen LogP contribution in [0.4, 0.5) is 4.39 Å². The minimum Gasteiger partial charge on any atom is -0.376 e. The summed E-state index contributed by atoms with van der Waals surface area (Å²) < 4.78 is 20.1. The van der Waals surface area contributed by atoms with Crippen molar-refractivity contribution in [2.45, 2.75) is 83.1 Å². The van der Waals surface area contributed by atoms with Crippen LogP contribution in [0.2, 0.25) is 0 Å². The fourth-order valence-corrected chi connectivity index (χ4v) is 5.08. The van der Waals surface area contributed by atoms with Gasteiger partial charge in [0.05, 0.1) is 6.10 Å². The monoisotopic (exact) mass is 407 g/mol. The standard InChI is InChI=1S/C22H34FN3OS/c1-21(2)12-17(13-22(3,4)25-21)24-20(28)26(15-18-9-7-11-27-18)14-16-8-5-6-10-19(16)23/h5-6,8,10,17-18,25H,7,9,11-15H2,1-4H3,(H,24,28). The third-order valence-corrected chi connectivity index (χ3v) is 5.95. The van der Waals surface area contributed by atoms with Crippen LogP contribution in [-0.4, -0.2) is 46.4 Å². The molecule has 6 heteroatoms. The van der Waals surface area contributed by atoms with Gasteiger partial charge in [-0.15, -0.1) is 0 Å². The Bertz CT molecular complexity index is 672. The summed E-state index contributed by atoms with van der Waals surface area (Å²) in [7, 11) is 0. The van der Waals surface area contributed by atoms with Gasteiger partial charge in [-0.05, 0) is 71.7 Å². The number of thiocarbonyl (C=S) groups is 1. The van der Waals surface area contributed by atoms with Crippen molar-refractivity contribution in [3.05, 3.63) is 35.6 Å². The summed E-state index contributed by atoms with van der Waals surface area (Å²) in [6.45, 7) is 10.9. The van der Waals surface area contributed by atoms with E-state index in [1.165, 1.54) is 6.07 Å². The van der Waals surface area contributed by atoms with Gasteiger partial charge in [-0.25, -0.2) is 4.39 Å². The molecule has 1 unspecified atom stereocenters. The lowest BCUT2D eigenvalue weighted by Crippen LogP contribution is -2.63. The van der Waals surface area contributed by atoms with Gasteiger partial charge in [0, 0.05) is 42.4 Å². The molecule has 0 amide bonds. The highest BCUT2D eigenvalue weighted by Crippen LogP contribution is 2.29. The molecule has 1 aromatic rings. The molecule has 2 saturated heterocycles. The third-order valence-electron chi connectivity index (χ3n) is 5.57. The van der Waals surface area contributed by atoms with Crippen LogP contribution in [0.1, 0.15) is 58.9 Å². The van der Waals surface area contributed by atoms with E-state index in [1.807, 2.05) is 12.1 Å². The Balaban J connectivity index is 1.71. The minimum absolute atomic E-state index is 0.0416. The first-order chi connectivity index (χ1) is 13.1. The van der Waals surface area contributed by atoms with Gasteiger partial charge in [-0.2, -0.15) is 0 Å². The van der Waals surface area contributed by atoms with Gasteiger partial charge in [0.25, 0.3) is 0 Å². The van der Waals surface area contributed by atoms with Gasteiger partial charge < -0.3 is 20.3 Å². The second-order valence-corrected chi connectivity index (χ2v) is 9.94. The van der Waals surface area contributed by atoms with Crippen molar-refractivity contribution in [3.63, 3.8) is 0 Å². The molecule has 1 atom stereocenters. The normalized spacial score (nSPS) is 24.1. The first kappa shape index (κ1) is 21.5. The summed E-state index contributed by atoms with van der Waals surface area (Å²) in [6, 6.07) is 7.22. The topological polar surface area (TPSA) is 36.5 Å². The summed E-state index contributed by atoms with van der Waals surface area (Å²) in [5, 5.41) is 7.98. The molecule has 0 aromatic heterocycles. The van der Waals surface area contributed by atoms with Crippen LogP contribution in [0.5, 0.6) is 0 Å². The highest BCUT2D eigenvalue weighted by atomic mass is 32.1. The average molecular weight is 408 g/mol. The summed E-state index contributed by atoms with van der Waals surface area (Å²) in [5.74, 6) is -0.188. The van der Waals surface area contributed by atoms with Crippen LogP contribution in [0, 0.1) is 5.82 Å². The molecular weight excluding hydrogens is 373 g/mol. The van der Waals surface area contributed by atoms with Gasteiger partial charge in [-0.3, -0.25) is 0 Å². The van der Waals surface area contributed by atoms with E-state index in [4.69, 9.17) is 17.0 Å². The Kier molecular flexibility index (Phi) is 6.62. The van der Waals surface area contributed by atoms with Crippen LogP contribution in [0.15, 0.2) is 24.3 Å². The van der Waals surface area contributed by atoms with Crippen molar-refractivity contribution in [2.75, 3.05) is 13.2 Å². The first-order valence-electron chi connectivity index (χ1n) is 10.3. The van der Waals surface area contributed by atoms with E-state index in [2.05, 4.69) is 43.2 Å². The van der Waals surface area contributed by atoms with E-state index in [0.717, 1.165) is 32.3 Å². The Morgan fingerprint density at radius 3 is 2.54 bits per heavy atom. The van der Waals surface area contributed by atoms with Gasteiger partial charge in [-0.1, -0.05) is 18.2 Å². The predicted molar refractivity (Wildman–Crippen MR) is 116 cm³/mol. The maximum absolute atomic E-state index is 14.3. The molecule has 2 heterocycles. The quantitative estimate of drug-likeness (QED) is 0.722. The molecule has 28 heavy (non-hydrogen) atoms. The molecule has 156 valence electrons. The third kappa shape index (κ3) is 5.88. The molecule has 0 spiro atoms. The molecule has 0 radical (unpaired) electrons.